The highest BCUT2D eigenvalue weighted by molar-refractivity contribution is 5.76. The van der Waals surface area contributed by atoms with Gasteiger partial charge in [-0.3, -0.25) is 4.79 Å². The van der Waals surface area contributed by atoms with Gasteiger partial charge in [0.15, 0.2) is 0 Å². The van der Waals surface area contributed by atoms with Crippen molar-refractivity contribution in [2.75, 3.05) is 40.4 Å². The lowest BCUT2D eigenvalue weighted by Gasteiger charge is -2.36. The molecule has 5 nitrogen and oxygen atoms in total. The Hall–Kier alpha value is -0.650. The van der Waals surface area contributed by atoms with Crippen LogP contribution in [0.4, 0.5) is 0 Å². The maximum Gasteiger partial charge on any atom is 0.248 e. The van der Waals surface area contributed by atoms with Crippen molar-refractivity contribution in [3.8, 4) is 0 Å². The molecule has 1 aliphatic rings. The first kappa shape index (κ1) is 13.4. The number of carbonyl (C=O) groups excluding carboxylic acids is 1. The van der Waals surface area contributed by atoms with Crippen LogP contribution in [0.25, 0.3) is 0 Å². The second-order valence-corrected chi connectivity index (χ2v) is 4.93. The van der Waals surface area contributed by atoms with E-state index in [2.05, 4.69) is 5.32 Å². The van der Waals surface area contributed by atoms with Crippen molar-refractivity contribution in [1.29, 1.82) is 0 Å². The van der Waals surface area contributed by atoms with Gasteiger partial charge in [0.05, 0.1) is 18.3 Å². The molecule has 0 aliphatic carbocycles. The van der Waals surface area contributed by atoms with Crippen molar-refractivity contribution in [3.05, 3.63) is 0 Å². The molecule has 0 bridgehead atoms. The summed E-state index contributed by atoms with van der Waals surface area (Å²) in [6.45, 7) is 6.28. The summed E-state index contributed by atoms with van der Waals surface area (Å²) < 4.78 is 11.1. The van der Waals surface area contributed by atoms with Crippen LogP contribution in [0, 0.1) is 0 Å². The first-order valence-corrected chi connectivity index (χ1v) is 5.57. The van der Waals surface area contributed by atoms with Crippen LogP contribution in [-0.2, 0) is 14.3 Å². The maximum atomic E-state index is 11.3. The molecule has 1 atom stereocenters. The number of likely N-dealkylation sites (N-methyl/N-ethyl adjacent to an activating group) is 1. The molecule has 5 heteroatoms. The van der Waals surface area contributed by atoms with E-state index >= 15 is 0 Å². The summed E-state index contributed by atoms with van der Waals surface area (Å²) >= 11 is 0. The highest BCUT2D eigenvalue weighted by Crippen LogP contribution is 2.15. The molecule has 0 aromatic rings. The van der Waals surface area contributed by atoms with Gasteiger partial charge in [0.1, 0.15) is 6.61 Å². The SMILES string of the molecule is CN(C)C(=O)COCC1CNCC(C)(C)O1. The molecule has 1 N–H and O–H groups in total. The van der Waals surface area contributed by atoms with Gasteiger partial charge in [0.2, 0.25) is 5.91 Å². The summed E-state index contributed by atoms with van der Waals surface area (Å²) in [6, 6.07) is 0. The van der Waals surface area contributed by atoms with E-state index in [9.17, 15) is 4.79 Å². The predicted molar refractivity (Wildman–Crippen MR) is 61.3 cm³/mol. The van der Waals surface area contributed by atoms with E-state index in [1.54, 1.807) is 14.1 Å². The molecule has 16 heavy (non-hydrogen) atoms. The van der Waals surface area contributed by atoms with Crippen molar-refractivity contribution in [2.24, 2.45) is 0 Å². The molecular formula is C11H22N2O3. The Morgan fingerprint density at radius 3 is 2.81 bits per heavy atom. The van der Waals surface area contributed by atoms with Gasteiger partial charge < -0.3 is 19.7 Å². The average Bonchev–Trinajstić information content (AvgIpc) is 2.15. The quantitative estimate of drug-likeness (QED) is 0.730. The predicted octanol–water partition coefficient (Wildman–Crippen LogP) is -0.142. The Labute approximate surface area is 97.1 Å². The standard InChI is InChI=1S/C11H22N2O3/c1-11(2)8-12-5-9(16-11)6-15-7-10(14)13(3)4/h9,12H,5-8H2,1-4H3. The molecule has 1 amide bonds. The highest BCUT2D eigenvalue weighted by Gasteiger charge is 2.28. The summed E-state index contributed by atoms with van der Waals surface area (Å²) in [6.07, 6.45) is 0.0266. The molecule has 1 rings (SSSR count). The van der Waals surface area contributed by atoms with Gasteiger partial charge in [-0.2, -0.15) is 0 Å². The molecule has 0 spiro atoms. The zero-order valence-electron chi connectivity index (χ0n) is 10.6. The highest BCUT2D eigenvalue weighted by atomic mass is 16.5. The third kappa shape index (κ3) is 4.47. The molecule has 1 heterocycles. The van der Waals surface area contributed by atoms with Gasteiger partial charge in [-0.25, -0.2) is 0 Å². The van der Waals surface area contributed by atoms with Crippen molar-refractivity contribution < 1.29 is 14.3 Å². The van der Waals surface area contributed by atoms with Crippen LogP contribution in [0.15, 0.2) is 0 Å². The number of rotatable bonds is 4. The normalized spacial score (nSPS) is 24.1. The first-order valence-electron chi connectivity index (χ1n) is 5.57. The van der Waals surface area contributed by atoms with Crippen LogP contribution in [0.2, 0.25) is 0 Å². The third-order valence-electron chi connectivity index (χ3n) is 2.44. The van der Waals surface area contributed by atoms with E-state index < -0.39 is 0 Å². The van der Waals surface area contributed by atoms with E-state index in [0.717, 1.165) is 13.1 Å². The van der Waals surface area contributed by atoms with E-state index in [1.165, 1.54) is 4.90 Å². The largest absolute Gasteiger partial charge is 0.369 e. The molecule has 0 radical (unpaired) electrons. The van der Waals surface area contributed by atoms with Gasteiger partial charge in [-0.15, -0.1) is 0 Å². The van der Waals surface area contributed by atoms with E-state index in [0.29, 0.717) is 6.61 Å². The number of hydrogen-bond donors (Lipinski definition) is 1. The monoisotopic (exact) mass is 230 g/mol. The Kier molecular flexibility index (Phi) is 4.70. The lowest BCUT2D eigenvalue weighted by Crippen LogP contribution is -2.52. The van der Waals surface area contributed by atoms with E-state index in [4.69, 9.17) is 9.47 Å². The molecule has 0 aromatic heterocycles. The molecular weight excluding hydrogens is 208 g/mol. The smallest absolute Gasteiger partial charge is 0.248 e. The maximum absolute atomic E-state index is 11.3. The summed E-state index contributed by atoms with van der Waals surface area (Å²) in [4.78, 5) is 12.8. The van der Waals surface area contributed by atoms with Gasteiger partial charge in [0, 0.05) is 27.2 Å². The summed E-state index contributed by atoms with van der Waals surface area (Å²) in [5.41, 5.74) is -0.155. The third-order valence-corrected chi connectivity index (χ3v) is 2.44. The molecule has 1 aliphatic heterocycles. The average molecular weight is 230 g/mol. The fourth-order valence-corrected chi connectivity index (χ4v) is 1.57. The zero-order chi connectivity index (χ0) is 12.2. The number of hydrogen-bond acceptors (Lipinski definition) is 4. The number of ether oxygens (including phenoxy) is 2. The first-order chi connectivity index (χ1) is 7.41. The Morgan fingerprint density at radius 1 is 1.56 bits per heavy atom. The van der Waals surface area contributed by atoms with Gasteiger partial charge in [-0.05, 0) is 13.8 Å². The van der Waals surface area contributed by atoms with Gasteiger partial charge in [-0.1, -0.05) is 0 Å². The van der Waals surface area contributed by atoms with Gasteiger partial charge >= 0.3 is 0 Å². The molecule has 0 aromatic carbocycles. The molecule has 1 saturated heterocycles. The molecule has 1 unspecified atom stereocenters. The zero-order valence-corrected chi connectivity index (χ0v) is 10.6. The minimum absolute atomic E-state index is 0.0250. The Bertz CT molecular complexity index is 241. The fourth-order valence-electron chi connectivity index (χ4n) is 1.57. The van der Waals surface area contributed by atoms with Crippen molar-refractivity contribution >= 4 is 5.91 Å². The van der Waals surface area contributed by atoms with Crippen LogP contribution in [0.5, 0.6) is 0 Å². The second kappa shape index (κ2) is 5.61. The van der Waals surface area contributed by atoms with Crippen molar-refractivity contribution in [3.63, 3.8) is 0 Å². The summed E-state index contributed by atoms with van der Waals surface area (Å²) in [7, 11) is 3.43. The second-order valence-electron chi connectivity index (χ2n) is 4.93. The Balaban J connectivity index is 2.20. The fraction of sp³-hybridized carbons (Fsp3) is 0.909. The van der Waals surface area contributed by atoms with Crippen LogP contribution in [-0.4, -0.2) is 62.9 Å². The van der Waals surface area contributed by atoms with Crippen LogP contribution >= 0.6 is 0 Å². The van der Waals surface area contributed by atoms with Gasteiger partial charge in [0.25, 0.3) is 0 Å². The number of amides is 1. The molecule has 0 saturated carbocycles. The number of morpholine rings is 1. The lowest BCUT2D eigenvalue weighted by molar-refractivity contribution is -0.141. The van der Waals surface area contributed by atoms with Crippen molar-refractivity contribution in [1.82, 2.24) is 10.2 Å². The topological polar surface area (TPSA) is 50.8 Å². The molecule has 1 fully saturated rings. The van der Waals surface area contributed by atoms with E-state index in [-0.39, 0.29) is 24.2 Å². The summed E-state index contributed by atoms with van der Waals surface area (Å²) in [5, 5.41) is 3.29. The van der Waals surface area contributed by atoms with Crippen molar-refractivity contribution in [2.45, 2.75) is 25.6 Å². The van der Waals surface area contributed by atoms with Crippen LogP contribution < -0.4 is 5.32 Å². The molecule has 94 valence electrons. The minimum atomic E-state index is -0.155. The minimum Gasteiger partial charge on any atom is -0.369 e. The summed E-state index contributed by atoms with van der Waals surface area (Å²) in [5.74, 6) is -0.0250. The van der Waals surface area contributed by atoms with Crippen LogP contribution in [0.1, 0.15) is 13.8 Å². The number of nitrogens with zero attached hydrogens (tertiary/aromatic N) is 1. The Morgan fingerprint density at radius 2 is 2.25 bits per heavy atom. The number of nitrogens with one attached hydrogen (secondary N) is 1. The van der Waals surface area contributed by atoms with E-state index in [1.807, 2.05) is 13.8 Å². The lowest BCUT2D eigenvalue weighted by atomic mass is 10.1. The van der Waals surface area contributed by atoms with Crippen LogP contribution in [0.3, 0.4) is 0 Å². The number of carbonyl (C=O) groups is 1.